The molecule has 9 heteroatoms. The first kappa shape index (κ1) is 22.7. The van der Waals surface area contributed by atoms with Crippen molar-refractivity contribution in [1.82, 2.24) is 9.21 Å². The van der Waals surface area contributed by atoms with Gasteiger partial charge >= 0.3 is 0 Å². The molecule has 1 amide bonds. The summed E-state index contributed by atoms with van der Waals surface area (Å²) in [5.74, 6) is 0.103. The third kappa shape index (κ3) is 5.60. The minimum absolute atomic E-state index is 0.0932. The fourth-order valence-electron chi connectivity index (χ4n) is 3.51. The predicted octanol–water partition coefficient (Wildman–Crippen LogP) is 3.39. The summed E-state index contributed by atoms with van der Waals surface area (Å²) >= 11 is 1.66. The molecule has 0 bridgehead atoms. The number of benzene rings is 1. The number of hydrogen-bond acceptors (Lipinski definition) is 6. The summed E-state index contributed by atoms with van der Waals surface area (Å²) in [4.78, 5) is 15.9. The van der Waals surface area contributed by atoms with Crippen LogP contribution in [0.15, 0.2) is 40.6 Å². The highest BCUT2D eigenvalue weighted by Crippen LogP contribution is 2.31. The Morgan fingerprint density at radius 2 is 2.00 bits per heavy atom. The SMILES string of the molecule is CCN(CC(=O)Nc1ccc(OC)c(S(=O)(=O)N2CCCCC2)c1)Cc1cccs1. The van der Waals surface area contributed by atoms with Gasteiger partial charge in [-0.3, -0.25) is 9.69 Å². The molecule has 164 valence electrons. The lowest BCUT2D eigenvalue weighted by molar-refractivity contribution is -0.117. The van der Waals surface area contributed by atoms with Crippen molar-refractivity contribution in [2.24, 2.45) is 0 Å². The Bertz CT molecular complexity index is 939. The predicted molar refractivity (Wildman–Crippen MR) is 120 cm³/mol. The highest BCUT2D eigenvalue weighted by molar-refractivity contribution is 7.89. The Morgan fingerprint density at radius 1 is 1.23 bits per heavy atom. The first-order valence-corrected chi connectivity index (χ1v) is 12.5. The van der Waals surface area contributed by atoms with Crippen molar-refractivity contribution >= 4 is 33.0 Å². The molecule has 0 radical (unpaired) electrons. The van der Waals surface area contributed by atoms with Crippen LogP contribution in [-0.4, -0.2) is 56.8 Å². The van der Waals surface area contributed by atoms with Crippen LogP contribution in [-0.2, 0) is 21.4 Å². The number of methoxy groups -OCH3 is 1. The van der Waals surface area contributed by atoms with Crippen LogP contribution in [0.3, 0.4) is 0 Å². The average molecular weight is 452 g/mol. The second kappa shape index (κ2) is 10.4. The molecule has 1 aromatic carbocycles. The maximum absolute atomic E-state index is 13.1. The maximum atomic E-state index is 13.1. The second-order valence-electron chi connectivity index (χ2n) is 7.26. The number of ether oxygens (including phenoxy) is 1. The Labute approximate surface area is 182 Å². The Kier molecular flexibility index (Phi) is 7.87. The molecule has 30 heavy (non-hydrogen) atoms. The fraction of sp³-hybridized carbons (Fsp3) is 0.476. The van der Waals surface area contributed by atoms with Gasteiger partial charge in [-0.15, -0.1) is 11.3 Å². The van der Waals surface area contributed by atoms with Crippen molar-refractivity contribution in [2.45, 2.75) is 37.6 Å². The number of thiophene rings is 1. The number of carbonyl (C=O) groups excluding carboxylic acids is 1. The van der Waals surface area contributed by atoms with E-state index in [0.717, 1.165) is 25.8 Å². The Balaban J connectivity index is 1.73. The van der Waals surface area contributed by atoms with Crippen LogP contribution in [0, 0.1) is 0 Å². The number of amides is 1. The zero-order valence-corrected chi connectivity index (χ0v) is 19.1. The third-order valence-corrected chi connectivity index (χ3v) is 7.94. The van der Waals surface area contributed by atoms with Crippen molar-refractivity contribution in [3.05, 3.63) is 40.6 Å². The molecular formula is C21H29N3O4S2. The van der Waals surface area contributed by atoms with E-state index in [4.69, 9.17) is 4.74 Å². The van der Waals surface area contributed by atoms with Crippen LogP contribution in [0.2, 0.25) is 0 Å². The van der Waals surface area contributed by atoms with E-state index in [0.29, 0.717) is 25.3 Å². The molecule has 1 N–H and O–H groups in total. The van der Waals surface area contributed by atoms with Gasteiger partial charge < -0.3 is 10.1 Å². The molecule has 7 nitrogen and oxygen atoms in total. The molecule has 0 saturated carbocycles. The fourth-order valence-corrected chi connectivity index (χ4v) is 5.95. The molecular weight excluding hydrogens is 422 g/mol. The summed E-state index contributed by atoms with van der Waals surface area (Å²) in [6, 6.07) is 8.80. The first-order valence-electron chi connectivity index (χ1n) is 10.2. The molecule has 0 atom stereocenters. The normalized spacial score (nSPS) is 15.3. The lowest BCUT2D eigenvalue weighted by Gasteiger charge is -2.26. The van der Waals surface area contributed by atoms with Crippen LogP contribution < -0.4 is 10.1 Å². The van der Waals surface area contributed by atoms with E-state index in [9.17, 15) is 13.2 Å². The van der Waals surface area contributed by atoms with Gasteiger partial charge in [-0.2, -0.15) is 4.31 Å². The molecule has 1 aliphatic heterocycles. The monoisotopic (exact) mass is 451 g/mol. The number of hydrogen-bond donors (Lipinski definition) is 1. The summed E-state index contributed by atoms with van der Waals surface area (Å²) in [6.45, 7) is 4.71. The van der Waals surface area contributed by atoms with Gasteiger partial charge in [0.1, 0.15) is 10.6 Å². The highest BCUT2D eigenvalue weighted by Gasteiger charge is 2.29. The van der Waals surface area contributed by atoms with E-state index in [2.05, 4.69) is 5.32 Å². The molecule has 1 fully saturated rings. The van der Waals surface area contributed by atoms with E-state index in [1.807, 2.05) is 29.3 Å². The largest absolute Gasteiger partial charge is 0.495 e. The van der Waals surface area contributed by atoms with E-state index in [1.165, 1.54) is 22.4 Å². The molecule has 1 aromatic heterocycles. The van der Waals surface area contributed by atoms with E-state index in [1.54, 1.807) is 23.5 Å². The van der Waals surface area contributed by atoms with Crippen LogP contribution >= 0.6 is 11.3 Å². The zero-order chi connectivity index (χ0) is 21.6. The first-order chi connectivity index (χ1) is 14.4. The maximum Gasteiger partial charge on any atom is 0.246 e. The molecule has 0 spiro atoms. The summed E-state index contributed by atoms with van der Waals surface area (Å²) < 4.78 is 33.1. The van der Waals surface area contributed by atoms with Gasteiger partial charge in [-0.1, -0.05) is 19.4 Å². The van der Waals surface area contributed by atoms with Crippen LogP contribution in [0.25, 0.3) is 0 Å². The van der Waals surface area contributed by atoms with Crippen molar-refractivity contribution in [1.29, 1.82) is 0 Å². The van der Waals surface area contributed by atoms with E-state index < -0.39 is 10.0 Å². The molecule has 1 saturated heterocycles. The summed E-state index contributed by atoms with van der Waals surface area (Å²) in [7, 11) is -2.23. The molecule has 1 aliphatic rings. The summed E-state index contributed by atoms with van der Waals surface area (Å²) in [5, 5.41) is 4.86. The van der Waals surface area contributed by atoms with Gasteiger partial charge in [0.25, 0.3) is 0 Å². The number of carbonyl (C=O) groups is 1. The van der Waals surface area contributed by atoms with Gasteiger partial charge in [0.15, 0.2) is 0 Å². The second-order valence-corrected chi connectivity index (χ2v) is 10.2. The zero-order valence-electron chi connectivity index (χ0n) is 17.5. The number of nitrogens with one attached hydrogen (secondary N) is 1. The molecule has 2 heterocycles. The van der Waals surface area contributed by atoms with Crippen molar-refractivity contribution in [3.8, 4) is 5.75 Å². The van der Waals surface area contributed by atoms with Gasteiger partial charge in [0.05, 0.1) is 13.7 Å². The van der Waals surface area contributed by atoms with Crippen LogP contribution in [0.5, 0.6) is 5.75 Å². The standard InChI is InChI=1S/C21H29N3O4S2/c1-3-23(15-18-8-7-13-29-18)16-21(25)22-17-9-10-19(28-2)20(14-17)30(26,27)24-11-5-4-6-12-24/h7-10,13-14H,3-6,11-12,15-16H2,1-2H3,(H,22,25). The Hall–Kier alpha value is -1.94. The number of sulfonamides is 1. The van der Waals surface area contributed by atoms with Crippen molar-refractivity contribution in [3.63, 3.8) is 0 Å². The topological polar surface area (TPSA) is 79.0 Å². The molecule has 2 aromatic rings. The van der Waals surface area contributed by atoms with Crippen LogP contribution in [0.4, 0.5) is 5.69 Å². The minimum atomic E-state index is -3.68. The third-order valence-electron chi connectivity index (χ3n) is 5.15. The van der Waals surface area contributed by atoms with Gasteiger partial charge in [-0.05, 0) is 49.0 Å². The van der Waals surface area contributed by atoms with Gasteiger partial charge in [0, 0.05) is 30.2 Å². The lowest BCUT2D eigenvalue weighted by atomic mass is 10.2. The quantitative estimate of drug-likeness (QED) is 0.632. The number of nitrogens with zero attached hydrogens (tertiary/aromatic N) is 2. The number of rotatable bonds is 9. The van der Waals surface area contributed by atoms with Crippen molar-refractivity contribution in [2.75, 3.05) is 38.6 Å². The van der Waals surface area contributed by atoms with Gasteiger partial charge in [0.2, 0.25) is 15.9 Å². The average Bonchev–Trinajstić information content (AvgIpc) is 3.27. The highest BCUT2D eigenvalue weighted by atomic mass is 32.2. The Morgan fingerprint density at radius 3 is 2.63 bits per heavy atom. The number of piperidine rings is 1. The summed E-state index contributed by atoms with van der Waals surface area (Å²) in [6.07, 6.45) is 2.75. The van der Waals surface area contributed by atoms with Gasteiger partial charge in [-0.25, -0.2) is 8.42 Å². The molecule has 0 aliphatic carbocycles. The molecule has 3 rings (SSSR count). The summed E-state index contributed by atoms with van der Waals surface area (Å²) in [5.41, 5.74) is 0.448. The van der Waals surface area contributed by atoms with E-state index in [-0.39, 0.29) is 23.1 Å². The van der Waals surface area contributed by atoms with E-state index >= 15 is 0 Å². The number of anilines is 1. The molecule has 0 unspecified atom stereocenters. The number of likely N-dealkylation sites (N-methyl/N-ethyl adjacent to an activating group) is 1. The lowest BCUT2D eigenvalue weighted by Crippen LogP contribution is -2.36. The van der Waals surface area contributed by atoms with Crippen molar-refractivity contribution < 1.29 is 17.9 Å². The smallest absolute Gasteiger partial charge is 0.246 e. The minimum Gasteiger partial charge on any atom is -0.495 e. The van der Waals surface area contributed by atoms with Crippen LogP contribution in [0.1, 0.15) is 31.1 Å².